The van der Waals surface area contributed by atoms with E-state index in [1.807, 2.05) is 18.2 Å². The normalized spacial score (nSPS) is 9.73. The Kier molecular flexibility index (Phi) is 3.45. The summed E-state index contributed by atoms with van der Waals surface area (Å²) in [5.41, 5.74) is 1.13. The summed E-state index contributed by atoms with van der Waals surface area (Å²) >= 11 is 8.06. The molecule has 0 radical (unpaired) electrons. The highest BCUT2D eigenvalue weighted by Gasteiger charge is 1.96. The Morgan fingerprint density at radius 3 is 2.82 bits per heavy atom. The molecule has 0 spiro atoms. The van der Waals surface area contributed by atoms with Gasteiger partial charge in [0.15, 0.2) is 0 Å². The van der Waals surface area contributed by atoms with Crippen molar-refractivity contribution in [1.29, 1.82) is 0 Å². The number of anilines is 1. The minimum atomic E-state index is 0.812. The van der Waals surface area contributed by atoms with E-state index in [0.29, 0.717) is 0 Å². The second kappa shape index (κ2) is 4.16. The maximum Gasteiger partial charge on any atom is 0.0540 e. The summed E-state index contributed by atoms with van der Waals surface area (Å²) in [5.74, 6) is 0. The van der Waals surface area contributed by atoms with Crippen molar-refractivity contribution in [2.24, 2.45) is 0 Å². The maximum absolute atomic E-state index is 5.85. The monoisotopic (exact) mass is 281 g/mol. The number of benzene rings is 1. The molecule has 1 N–H and O–H groups in total. The molecule has 1 rings (SSSR count). The highest BCUT2D eigenvalue weighted by atomic mass is 127. The first-order chi connectivity index (χ1) is 5.24. The van der Waals surface area contributed by atoms with Crippen LogP contribution >= 0.6 is 34.2 Å². The van der Waals surface area contributed by atoms with Gasteiger partial charge in [-0.05, 0) is 47.7 Å². The highest BCUT2D eigenvalue weighted by molar-refractivity contribution is 14.1. The van der Waals surface area contributed by atoms with E-state index in [4.69, 9.17) is 11.6 Å². The van der Waals surface area contributed by atoms with Crippen molar-refractivity contribution < 1.29 is 0 Å². The van der Waals surface area contributed by atoms with Crippen molar-refractivity contribution in [3.8, 4) is 0 Å². The molecule has 0 fully saturated rings. The molecule has 0 saturated heterocycles. The molecular weight excluding hydrogens is 272 g/mol. The first-order valence-corrected chi connectivity index (χ1v) is 4.88. The Morgan fingerprint density at radius 2 is 2.27 bits per heavy atom. The summed E-state index contributed by atoms with van der Waals surface area (Å²) in [7, 11) is 0. The van der Waals surface area contributed by atoms with Crippen LogP contribution in [0.2, 0.25) is 5.02 Å². The quantitative estimate of drug-likeness (QED) is 0.820. The van der Waals surface area contributed by atoms with Crippen molar-refractivity contribution in [1.82, 2.24) is 0 Å². The van der Waals surface area contributed by atoms with Gasteiger partial charge in [-0.2, -0.15) is 0 Å². The molecule has 11 heavy (non-hydrogen) atoms. The number of nitrogens with one attached hydrogen (secondary N) is 1. The Bertz CT molecular complexity index is 250. The fraction of sp³-hybridized carbons (Fsp3) is 0.250. The summed E-state index contributed by atoms with van der Waals surface area (Å²) < 4.78 is 1.09. The first-order valence-electron chi connectivity index (χ1n) is 3.43. The third kappa shape index (κ3) is 2.52. The van der Waals surface area contributed by atoms with Crippen LogP contribution in [0.3, 0.4) is 0 Å². The lowest BCUT2D eigenvalue weighted by Gasteiger charge is -2.03. The van der Waals surface area contributed by atoms with Gasteiger partial charge in [-0.1, -0.05) is 11.6 Å². The Hall–Kier alpha value is 0.0400. The number of halogens is 2. The lowest BCUT2D eigenvalue weighted by atomic mass is 10.3. The summed E-state index contributed by atoms with van der Waals surface area (Å²) in [5, 5.41) is 4.02. The molecule has 0 unspecified atom stereocenters. The van der Waals surface area contributed by atoms with E-state index in [2.05, 4.69) is 34.8 Å². The van der Waals surface area contributed by atoms with E-state index in [1.54, 1.807) is 0 Å². The van der Waals surface area contributed by atoms with Crippen molar-refractivity contribution in [3.05, 3.63) is 26.8 Å². The van der Waals surface area contributed by atoms with Gasteiger partial charge in [-0.3, -0.25) is 0 Å². The lowest BCUT2D eigenvalue weighted by Crippen LogP contribution is -1.96. The van der Waals surface area contributed by atoms with Gasteiger partial charge in [0.05, 0.1) is 5.02 Å². The molecule has 0 bridgehead atoms. The summed E-state index contributed by atoms with van der Waals surface area (Å²) in [6.45, 7) is 3.01. The van der Waals surface area contributed by atoms with Crippen molar-refractivity contribution in [2.75, 3.05) is 11.9 Å². The molecule has 0 aliphatic heterocycles. The first kappa shape index (κ1) is 9.13. The van der Waals surface area contributed by atoms with Crippen LogP contribution in [0, 0.1) is 3.57 Å². The molecule has 0 amide bonds. The predicted molar refractivity (Wildman–Crippen MR) is 58.3 cm³/mol. The number of hydrogen-bond acceptors (Lipinski definition) is 1. The van der Waals surface area contributed by atoms with Crippen LogP contribution in [0.1, 0.15) is 6.92 Å². The zero-order valence-electron chi connectivity index (χ0n) is 6.20. The van der Waals surface area contributed by atoms with E-state index in [0.717, 1.165) is 20.8 Å². The standard InChI is InChI=1S/C8H9ClIN/c1-2-11-6-3-4-7(9)8(10)5-6/h3-5,11H,2H2,1H3. The molecule has 0 aliphatic rings. The smallest absolute Gasteiger partial charge is 0.0540 e. The Labute approximate surface area is 85.3 Å². The number of rotatable bonds is 2. The molecule has 0 aromatic heterocycles. The molecule has 0 heterocycles. The Morgan fingerprint density at radius 1 is 1.55 bits per heavy atom. The van der Waals surface area contributed by atoms with Crippen LogP contribution in [0.25, 0.3) is 0 Å². The molecule has 60 valence electrons. The van der Waals surface area contributed by atoms with Gasteiger partial charge in [0.2, 0.25) is 0 Å². The molecule has 1 aromatic carbocycles. The molecule has 3 heteroatoms. The molecule has 1 aromatic rings. The summed E-state index contributed by atoms with van der Waals surface area (Å²) in [4.78, 5) is 0. The maximum atomic E-state index is 5.85. The molecule has 1 nitrogen and oxygen atoms in total. The van der Waals surface area contributed by atoms with Crippen LogP contribution in [0.4, 0.5) is 5.69 Å². The molecular formula is C8H9ClIN. The average Bonchev–Trinajstić information content (AvgIpc) is 1.98. The van der Waals surface area contributed by atoms with Crippen LogP contribution in [0.5, 0.6) is 0 Å². The fourth-order valence-corrected chi connectivity index (χ4v) is 1.44. The predicted octanol–water partition coefficient (Wildman–Crippen LogP) is 3.38. The molecule has 0 saturated carbocycles. The van der Waals surface area contributed by atoms with Crippen molar-refractivity contribution in [3.63, 3.8) is 0 Å². The van der Waals surface area contributed by atoms with Crippen molar-refractivity contribution in [2.45, 2.75) is 6.92 Å². The van der Waals surface area contributed by atoms with Gasteiger partial charge in [0, 0.05) is 15.8 Å². The third-order valence-corrected chi connectivity index (χ3v) is 2.84. The van der Waals surface area contributed by atoms with Gasteiger partial charge in [-0.25, -0.2) is 0 Å². The second-order valence-electron chi connectivity index (χ2n) is 2.16. The average molecular weight is 282 g/mol. The third-order valence-electron chi connectivity index (χ3n) is 1.30. The summed E-state index contributed by atoms with van der Waals surface area (Å²) in [6.07, 6.45) is 0. The van der Waals surface area contributed by atoms with Gasteiger partial charge in [0.25, 0.3) is 0 Å². The Balaban J connectivity index is 2.86. The van der Waals surface area contributed by atoms with Crippen LogP contribution in [0.15, 0.2) is 18.2 Å². The largest absolute Gasteiger partial charge is 0.385 e. The van der Waals surface area contributed by atoms with Crippen molar-refractivity contribution >= 4 is 39.9 Å². The molecule has 0 aliphatic carbocycles. The minimum Gasteiger partial charge on any atom is -0.385 e. The topological polar surface area (TPSA) is 12.0 Å². The van der Waals surface area contributed by atoms with E-state index in [-0.39, 0.29) is 0 Å². The molecule has 0 atom stereocenters. The van der Waals surface area contributed by atoms with E-state index >= 15 is 0 Å². The SMILES string of the molecule is CCNc1ccc(Cl)c(I)c1. The van der Waals surface area contributed by atoms with E-state index < -0.39 is 0 Å². The van der Waals surface area contributed by atoms with E-state index in [9.17, 15) is 0 Å². The van der Waals surface area contributed by atoms with Crippen LogP contribution < -0.4 is 5.32 Å². The summed E-state index contributed by atoms with van der Waals surface area (Å²) in [6, 6.07) is 5.92. The van der Waals surface area contributed by atoms with Gasteiger partial charge in [0.1, 0.15) is 0 Å². The zero-order chi connectivity index (χ0) is 8.27. The minimum absolute atomic E-state index is 0.812. The van der Waals surface area contributed by atoms with Crippen LogP contribution in [-0.4, -0.2) is 6.54 Å². The lowest BCUT2D eigenvalue weighted by molar-refractivity contribution is 1.21. The van der Waals surface area contributed by atoms with Gasteiger partial charge >= 0.3 is 0 Å². The van der Waals surface area contributed by atoms with Gasteiger partial charge in [-0.15, -0.1) is 0 Å². The number of hydrogen-bond donors (Lipinski definition) is 1. The zero-order valence-corrected chi connectivity index (χ0v) is 9.11. The van der Waals surface area contributed by atoms with Crippen LogP contribution in [-0.2, 0) is 0 Å². The van der Waals surface area contributed by atoms with Gasteiger partial charge < -0.3 is 5.32 Å². The fourth-order valence-electron chi connectivity index (χ4n) is 0.810. The highest BCUT2D eigenvalue weighted by Crippen LogP contribution is 2.21. The van der Waals surface area contributed by atoms with E-state index in [1.165, 1.54) is 0 Å². The second-order valence-corrected chi connectivity index (χ2v) is 3.73.